The van der Waals surface area contributed by atoms with Gasteiger partial charge < -0.3 is 9.47 Å². The van der Waals surface area contributed by atoms with Gasteiger partial charge in [-0.3, -0.25) is 14.5 Å². The van der Waals surface area contributed by atoms with Crippen LogP contribution in [-0.4, -0.2) is 48.2 Å². The Morgan fingerprint density at radius 2 is 1.89 bits per heavy atom. The summed E-state index contributed by atoms with van der Waals surface area (Å²) in [6.07, 6.45) is 11.1. The molecule has 0 aromatic carbocycles. The zero-order chi connectivity index (χ0) is 18.6. The minimum Gasteiger partial charge on any atom is -0.337 e. The molecule has 4 heterocycles. The molecule has 1 fully saturated rings. The molecule has 0 radical (unpaired) electrons. The second-order valence-corrected chi connectivity index (χ2v) is 6.87. The Bertz CT molecular complexity index is 892. The van der Waals surface area contributed by atoms with Gasteiger partial charge in [0.05, 0.1) is 0 Å². The predicted molar refractivity (Wildman–Crippen MR) is 101 cm³/mol. The van der Waals surface area contributed by atoms with Crippen molar-refractivity contribution in [2.24, 2.45) is 0 Å². The van der Waals surface area contributed by atoms with Crippen LogP contribution in [0.4, 0.5) is 0 Å². The molecule has 1 aliphatic heterocycles. The Labute approximate surface area is 158 Å². The highest BCUT2D eigenvalue weighted by Gasteiger charge is 2.28. The van der Waals surface area contributed by atoms with Gasteiger partial charge >= 0.3 is 0 Å². The third-order valence-electron chi connectivity index (χ3n) is 5.23. The van der Waals surface area contributed by atoms with E-state index >= 15 is 0 Å². The molecule has 0 atom stereocenters. The molecule has 0 spiro atoms. The Balaban J connectivity index is 1.41. The number of imidazole rings is 1. The molecule has 3 aromatic heterocycles. The number of piperidine rings is 1. The molecule has 0 aliphatic carbocycles. The molecular weight excluding hydrogens is 340 g/mol. The molecule has 1 aliphatic rings. The summed E-state index contributed by atoms with van der Waals surface area (Å²) in [6.45, 7) is 5.00. The smallest absolute Gasteiger partial charge is 0.272 e. The zero-order valence-corrected chi connectivity index (χ0v) is 15.5. The first-order valence-electron chi connectivity index (χ1n) is 9.47. The number of hydrogen-bond donors (Lipinski definition) is 0. The molecule has 7 nitrogen and oxygen atoms in total. The summed E-state index contributed by atoms with van der Waals surface area (Å²) in [7, 11) is 0. The van der Waals surface area contributed by atoms with Gasteiger partial charge in [0.15, 0.2) is 0 Å². The van der Waals surface area contributed by atoms with E-state index in [1.54, 1.807) is 16.9 Å². The lowest BCUT2D eigenvalue weighted by molar-refractivity contribution is 0.0698. The van der Waals surface area contributed by atoms with Crippen LogP contribution in [0.1, 0.15) is 47.6 Å². The predicted octanol–water partition coefficient (Wildman–Crippen LogP) is 2.56. The largest absolute Gasteiger partial charge is 0.337 e. The van der Waals surface area contributed by atoms with Gasteiger partial charge in [-0.25, -0.2) is 4.98 Å². The number of rotatable bonds is 5. The highest BCUT2D eigenvalue weighted by atomic mass is 16.2. The van der Waals surface area contributed by atoms with Gasteiger partial charge in [0.25, 0.3) is 5.91 Å². The fraction of sp³-hybridized carbons (Fsp3) is 0.400. The van der Waals surface area contributed by atoms with Crippen molar-refractivity contribution in [3.63, 3.8) is 0 Å². The fourth-order valence-corrected chi connectivity index (χ4v) is 3.77. The Morgan fingerprint density at radius 1 is 1.11 bits per heavy atom. The van der Waals surface area contributed by atoms with Crippen molar-refractivity contribution in [1.29, 1.82) is 0 Å². The number of pyridine rings is 1. The highest BCUT2D eigenvalue weighted by molar-refractivity contribution is 5.92. The number of aromatic nitrogens is 5. The Hall–Kier alpha value is -2.96. The molecule has 27 heavy (non-hydrogen) atoms. The van der Waals surface area contributed by atoms with Crippen LogP contribution in [0.5, 0.6) is 0 Å². The van der Waals surface area contributed by atoms with Crippen molar-refractivity contribution in [3.05, 3.63) is 66.3 Å². The maximum atomic E-state index is 12.8. The van der Waals surface area contributed by atoms with Gasteiger partial charge in [0.1, 0.15) is 11.5 Å². The van der Waals surface area contributed by atoms with Crippen LogP contribution in [0.3, 0.4) is 0 Å². The van der Waals surface area contributed by atoms with E-state index in [2.05, 4.69) is 19.6 Å². The summed E-state index contributed by atoms with van der Waals surface area (Å²) in [5.74, 6) is 1.56. The van der Waals surface area contributed by atoms with E-state index < -0.39 is 0 Å². The van der Waals surface area contributed by atoms with Crippen LogP contribution in [0.2, 0.25) is 0 Å². The van der Waals surface area contributed by atoms with Gasteiger partial charge in [-0.05, 0) is 43.5 Å². The summed E-state index contributed by atoms with van der Waals surface area (Å²) in [6, 6.07) is 5.86. The van der Waals surface area contributed by atoms with E-state index in [0.717, 1.165) is 38.3 Å². The standard InChI is InChI=1S/C20H24N6O/c1-2-26-18(5-10-23-26)20(27)24-12-6-17(7-13-24)19-22-11-14-25(19)15-16-3-8-21-9-4-16/h3-5,8-11,14,17H,2,6-7,12-13,15H2,1H3. The Kier molecular flexibility index (Phi) is 5.00. The second-order valence-electron chi connectivity index (χ2n) is 6.87. The van der Waals surface area contributed by atoms with E-state index in [1.165, 1.54) is 5.56 Å². The second kappa shape index (κ2) is 7.73. The monoisotopic (exact) mass is 364 g/mol. The van der Waals surface area contributed by atoms with Crippen molar-refractivity contribution >= 4 is 5.91 Å². The molecule has 140 valence electrons. The third-order valence-corrected chi connectivity index (χ3v) is 5.23. The number of hydrogen-bond acceptors (Lipinski definition) is 4. The van der Waals surface area contributed by atoms with E-state index in [1.807, 2.05) is 48.7 Å². The lowest BCUT2D eigenvalue weighted by Crippen LogP contribution is -2.39. The number of nitrogens with zero attached hydrogens (tertiary/aromatic N) is 6. The summed E-state index contributed by atoms with van der Waals surface area (Å²) in [4.78, 5) is 23.4. The molecular formula is C20H24N6O. The molecule has 3 aromatic rings. The molecule has 1 saturated heterocycles. The summed E-state index contributed by atoms with van der Waals surface area (Å²) in [5, 5.41) is 4.21. The minimum absolute atomic E-state index is 0.0768. The number of carbonyl (C=O) groups excluding carboxylic acids is 1. The van der Waals surface area contributed by atoms with Crippen molar-refractivity contribution < 1.29 is 4.79 Å². The first-order chi connectivity index (χ1) is 13.3. The number of carbonyl (C=O) groups is 1. The Morgan fingerprint density at radius 3 is 2.63 bits per heavy atom. The molecule has 1 amide bonds. The summed E-state index contributed by atoms with van der Waals surface area (Å²) >= 11 is 0. The van der Waals surface area contributed by atoms with Crippen molar-refractivity contribution in [2.75, 3.05) is 13.1 Å². The van der Waals surface area contributed by atoms with E-state index in [4.69, 9.17) is 0 Å². The van der Waals surface area contributed by atoms with Crippen LogP contribution in [0.25, 0.3) is 0 Å². The third kappa shape index (κ3) is 3.63. The summed E-state index contributed by atoms with van der Waals surface area (Å²) in [5.41, 5.74) is 1.89. The first-order valence-corrected chi connectivity index (χ1v) is 9.47. The van der Waals surface area contributed by atoms with Crippen LogP contribution in [0, 0.1) is 0 Å². The van der Waals surface area contributed by atoms with Gasteiger partial charge in [0.2, 0.25) is 0 Å². The van der Waals surface area contributed by atoms with E-state index in [0.29, 0.717) is 18.2 Å². The van der Waals surface area contributed by atoms with Gasteiger partial charge in [-0.1, -0.05) is 0 Å². The molecule has 0 N–H and O–H groups in total. The fourth-order valence-electron chi connectivity index (χ4n) is 3.77. The SMILES string of the molecule is CCn1nccc1C(=O)N1CCC(c2nccn2Cc2ccncc2)CC1. The van der Waals surface area contributed by atoms with Crippen molar-refractivity contribution in [1.82, 2.24) is 29.2 Å². The van der Waals surface area contributed by atoms with Gasteiger partial charge in [0, 0.05) is 63.1 Å². The molecule has 0 unspecified atom stereocenters. The lowest BCUT2D eigenvalue weighted by atomic mass is 9.95. The highest BCUT2D eigenvalue weighted by Crippen LogP contribution is 2.28. The quantitative estimate of drug-likeness (QED) is 0.698. The van der Waals surface area contributed by atoms with Crippen LogP contribution < -0.4 is 0 Å². The number of aryl methyl sites for hydroxylation is 1. The number of amides is 1. The minimum atomic E-state index is 0.0768. The van der Waals surface area contributed by atoms with Crippen LogP contribution in [0.15, 0.2) is 49.2 Å². The van der Waals surface area contributed by atoms with Crippen LogP contribution in [-0.2, 0) is 13.1 Å². The first kappa shape index (κ1) is 17.5. The van der Waals surface area contributed by atoms with Crippen molar-refractivity contribution in [3.8, 4) is 0 Å². The molecule has 4 rings (SSSR count). The normalized spacial score (nSPS) is 15.2. The lowest BCUT2D eigenvalue weighted by Gasteiger charge is -2.32. The van der Waals surface area contributed by atoms with Gasteiger partial charge in [-0.2, -0.15) is 5.10 Å². The molecule has 0 saturated carbocycles. The van der Waals surface area contributed by atoms with E-state index in [9.17, 15) is 4.79 Å². The maximum absolute atomic E-state index is 12.8. The van der Waals surface area contributed by atoms with Crippen molar-refractivity contribution in [2.45, 2.75) is 38.8 Å². The van der Waals surface area contributed by atoms with Gasteiger partial charge in [-0.15, -0.1) is 0 Å². The van der Waals surface area contributed by atoms with E-state index in [-0.39, 0.29) is 5.91 Å². The topological polar surface area (TPSA) is 68.8 Å². The average molecular weight is 364 g/mol. The molecule has 7 heteroatoms. The average Bonchev–Trinajstić information content (AvgIpc) is 3.37. The summed E-state index contributed by atoms with van der Waals surface area (Å²) < 4.78 is 3.97. The maximum Gasteiger partial charge on any atom is 0.272 e. The molecule has 0 bridgehead atoms. The number of likely N-dealkylation sites (tertiary alicyclic amines) is 1. The van der Waals surface area contributed by atoms with Crippen LogP contribution >= 0.6 is 0 Å². The zero-order valence-electron chi connectivity index (χ0n) is 15.5.